The van der Waals surface area contributed by atoms with Crippen molar-refractivity contribution < 1.29 is 19.4 Å². The zero-order valence-corrected chi connectivity index (χ0v) is 9.37. The van der Waals surface area contributed by atoms with E-state index in [1.54, 1.807) is 0 Å². The van der Waals surface area contributed by atoms with Gasteiger partial charge in [-0.2, -0.15) is 0 Å². The van der Waals surface area contributed by atoms with E-state index in [1.165, 1.54) is 11.8 Å². The number of carboxylic acids is 1. The molecule has 0 aromatic heterocycles. The van der Waals surface area contributed by atoms with Gasteiger partial charge in [-0.1, -0.05) is 30.3 Å². The number of amides is 1. The van der Waals surface area contributed by atoms with Crippen LogP contribution in [0.5, 0.6) is 0 Å². The molecule has 0 bridgehead atoms. The van der Waals surface area contributed by atoms with Crippen LogP contribution in [0.1, 0.15) is 18.5 Å². The SMILES string of the molecule is C[C@H](C(=O)O)N1C(=O)OC[C@H]1c1ccccc1. The quantitative estimate of drug-likeness (QED) is 0.865. The second-order valence-corrected chi connectivity index (χ2v) is 3.92. The van der Waals surface area contributed by atoms with Crippen LogP contribution in [-0.2, 0) is 9.53 Å². The predicted octanol–water partition coefficient (Wildman–Crippen LogP) is 1.65. The Kier molecular flexibility index (Phi) is 2.99. The molecule has 1 aliphatic rings. The second kappa shape index (κ2) is 4.45. The van der Waals surface area contributed by atoms with E-state index in [1.807, 2.05) is 30.3 Å². The maximum absolute atomic E-state index is 11.5. The van der Waals surface area contributed by atoms with Crippen LogP contribution in [0.4, 0.5) is 4.79 Å². The van der Waals surface area contributed by atoms with Crippen molar-refractivity contribution >= 4 is 12.1 Å². The number of cyclic esters (lactones) is 1. The van der Waals surface area contributed by atoms with E-state index in [2.05, 4.69) is 0 Å². The molecule has 0 radical (unpaired) electrons. The molecule has 17 heavy (non-hydrogen) atoms. The zero-order valence-electron chi connectivity index (χ0n) is 9.37. The molecule has 2 rings (SSSR count). The minimum absolute atomic E-state index is 0.195. The first kappa shape index (κ1) is 11.4. The van der Waals surface area contributed by atoms with Gasteiger partial charge >= 0.3 is 12.1 Å². The van der Waals surface area contributed by atoms with Crippen molar-refractivity contribution in [3.8, 4) is 0 Å². The van der Waals surface area contributed by atoms with E-state index in [9.17, 15) is 9.59 Å². The van der Waals surface area contributed by atoms with Crippen molar-refractivity contribution in [3.63, 3.8) is 0 Å². The minimum Gasteiger partial charge on any atom is -0.480 e. The first-order valence-electron chi connectivity index (χ1n) is 5.34. The number of hydrogen-bond acceptors (Lipinski definition) is 3. The Morgan fingerprint density at radius 1 is 1.47 bits per heavy atom. The third kappa shape index (κ3) is 2.08. The number of carboxylic acid groups (broad SMARTS) is 1. The molecule has 0 saturated carbocycles. The standard InChI is InChI=1S/C12H13NO4/c1-8(11(14)15)13-10(7-17-12(13)16)9-5-3-2-4-6-9/h2-6,8,10H,7H2,1H3,(H,14,15)/t8-,10+/m1/s1. The summed E-state index contributed by atoms with van der Waals surface area (Å²) in [7, 11) is 0. The van der Waals surface area contributed by atoms with Gasteiger partial charge in [0.2, 0.25) is 0 Å². The molecular weight excluding hydrogens is 222 g/mol. The Morgan fingerprint density at radius 3 is 2.71 bits per heavy atom. The van der Waals surface area contributed by atoms with E-state index in [0.717, 1.165) is 5.56 Å². The van der Waals surface area contributed by atoms with Gasteiger partial charge in [-0.15, -0.1) is 0 Å². The van der Waals surface area contributed by atoms with E-state index < -0.39 is 18.1 Å². The molecule has 1 heterocycles. The Bertz CT molecular complexity index is 431. The molecule has 5 heteroatoms. The molecule has 0 unspecified atom stereocenters. The van der Waals surface area contributed by atoms with Crippen molar-refractivity contribution in [2.45, 2.75) is 19.0 Å². The fraction of sp³-hybridized carbons (Fsp3) is 0.333. The zero-order chi connectivity index (χ0) is 12.4. The number of nitrogens with zero attached hydrogens (tertiary/aromatic N) is 1. The van der Waals surface area contributed by atoms with Crippen LogP contribution >= 0.6 is 0 Å². The van der Waals surface area contributed by atoms with Crippen molar-refractivity contribution in [1.82, 2.24) is 4.90 Å². The van der Waals surface area contributed by atoms with Gasteiger partial charge in [-0.05, 0) is 12.5 Å². The van der Waals surface area contributed by atoms with Gasteiger partial charge < -0.3 is 9.84 Å². The molecule has 1 fully saturated rings. The summed E-state index contributed by atoms with van der Waals surface area (Å²) in [6.07, 6.45) is -0.575. The molecule has 0 aliphatic carbocycles. The maximum Gasteiger partial charge on any atom is 0.411 e. The Labute approximate surface area is 98.6 Å². The Balaban J connectivity index is 2.28. The monoisotopic (exact) mass is 235 g/mol. The summed E-state index contributed by atoms with van der Waals surface area (Å²) in [5, 5.41) is 8.98. The highest BCUT2D eigenvalue weighted by atomic mass is 16.6. The van der Waals surface area contributed by atoms with Crippen molar-refractivity contribution in [2.24, 2.45) is 0 Å². The van der Waals surface area contributed by atoms with Crippen LogP contribution in [0.2, 0.25) is 0 Å². The lowest BCUT2D eigenvalue weighted by Gasteiger charge is -2.25. The summed E-state index contributed by atoms with van der Waals surface area (Å²) in [4.78, 5) is 23.8. The van der Waals surface area contributed by atoms with Crippen LogP contribution in [0.25, 0.3) is 0 Å². The number of hydrogen-bond donors (Lipinski definition) is 1. The van der Waals surface area contributed by atoms with Gasteiger partial charge in [0.25, 0.3) is 0 Å². The first-order chi connectivity index (χ1) is 8.11. The summed E-state index contributed by atoms with van der Waals surface area (Å²) in [6, 6.07) is 8.06. The van der Waals surface area contributed by atoms with Crippen molar-refractivity contribution in [3.05, 3.63) is 35.9 Å². The summed E-state index contributed by atoms with van der Waals surface area (Å²) < 4.78 is 4.93. The maximum atomic E-state index is 11.5. The number of aliphatic carboxylic acids is 1. The van der Waals surface area contributed by atoms with E-state index in [0.29, 0.717) is 0 Å². The van der Waals surface area contributed by atoms with Crippen LogP contribution in [0, 0.1) is 0 Å². The summed E-state index contributed by atoms with van der Waals surface area (Å²) in [6.45, 7) is 1.67. The van der Waals surface area contributed by atoms with Gasteiger partial charge in [0.1, 0.15) is 12.6 Å². The highest BCUT2D eigenvalue weighted by Crippen LogP contribution is 2.29. The molecule has 1 amide bonds. The molecule has 90 valence electrons. The van der Waals surface area contributed by atoms with E-state index in [4.69, 9.17) is 9.84 Å². The highest BCUT2D eigenvalue weighted by molar-refractivity contribution is 5.81. The van der Waals surface area contributed by atoms with E-state index in [-0.39, 0.29) is 12.6 Å². The third-order valence-corrected chi connectivity index (χ3v) is 2.87. The molecule has 1 N–H and O–H groups in total. The van der Waals surface area contributed by atoms with Gasteiger partial charge in [0.15, 0.2) is 0 Å². The molecule has 1 aliphatic heterocycles. The molecule has 1 saturated heterocycles. The second-order valence-electron chi connectivity index (χ2n) is 3.92. The average molecular weight is 235 g/mol. The number of carbonyl (C=O) groups excluding carboxylic acids is 1. The summed E-state index contributed by atoms with van der Waals surface area (Å²) >= 11 is 0. The van der Waals surface area contributed by atoms with E-state index >= 15 is 0 Å². The molecule has 1 aromatic rings. The predicted molar refractivity (Wildman–Crippen MR) is 59.5 cm³/mol. The average Bonchev–Trinajstić information content (AvgIpc) is 2.71. The van der Waals surface area contributed by atoms with Gasteiger partial charge in [-0.25, -0.2) is 9.59 Å². The van der Waals surface area contributed by atoms with Gasteiger partial charge in [0.05, 0.1) is 6.04 Å². The number of carbonyl (C=O) groups is 2. The van der Waals surface area contributed by atoms with Gasteiger partial charge in [0, 0.05) is 0 Å². The molecule has 2 atom stereocenters. The van der Waals surface area contributed by atoms with Gasteiger partial charge in [-0.3, -0.25) is 4.90 Å². The lowest BCUT2D eigenvalue weighted by molar-refractivity contribution is -0.141. The lowest BCUT2D eigenvalue weighted by Crippen LogP contribution is -2.41. The fourth-order valence-corrected chi connectivity index (χ4v) is 1.91. The normalized spacial score (nSPS) is 21.1. The minimum atomic E-state index is -1.04. The number of ether oxygens (including phenoxy) is 1. The highest BCUT2D eigenvalue weighted by Gasteiger charge is 2.39. The fourth-order valence-electron chi connectivity index (χ4n) is 1.91. The Hall–Kier alpha value is -2.04. The largest absolute Gasteiger partial charge is 0.480 e. The van der Waals surface area contributed by atoms with Crippen molar-refractivity contribution in [1.29, 1.82) is 0 Å². The molecule has 5 nitrogen and oxygen atoms in total. The third-order valence-electron chi connectivity index (χ3n) is 2.87. The number of rotatable bonds is 3. The molecular formula is C12H13NO4. The molecule has 1 aromatic carbocycles. The van der Waals surface area contributed by atoms with Crippen LogP contribution in [0.3, 0.4) is 0 Å². The molecule has 0 spiro atoms. The Morgan fingerprint density at radius 2 is 2.12 bits per heavy atom. The van der Waals surface area contributed by atoms with Crippen LogP contribution < -0.4 is 0 Å². The summed E-state index contributed by atoms with van der Waals surface area (Å²) in [5.74, 6) is -1.04. The van der Waals surface area contributed by atoms with Crippen molar-refractivity contribution in [2.75, 3.05) is 6.61 Å². The van der Waals surface area contributed by atoms with Crippen LogP contribution in [-0.4, -0.2) is 34.7 Å². The summed E-state index contributed by atoms with van der Waals surface area (Å²) in [5.41, 5.74) is 0.881. The lowest BCUT2D eigenvalue weighted by atomic mass is 10.1. The van der Waals surface area contributed by atoms with Crippen LogP contribution in [0.15, 0.2) is 30.3 Å². The number of benzene rings is 1. The first-order valence-corrected chi connectivity index (χ1v) is 5.34. The smallest absolute Gasteiger partial charge is 0.411 e. The topological polar surface area (TPSA) is 66.8 Å².